The van der Waals surface area contributed by atoms with Gasteiger partial charge in [0.2, 0.25) is 11.8 Å². The maximum absolute atomic E-state index is 12.3. The Labute approximate surface area is 119 Å². The Kier molecular flexibility index (Phi) is 4.40. The molecule has 0 aromatic rings. The van der Waals surface area contributed by atoms with Crippen LogP contribution in [-0.2, 0) is 9.59 Å². The van der Waals surface area contributed by atoms with Gasteiger partial charge in [0, 0.05) is 43.7 Å². The van der Waals surface area contributed by atoms with Crippen molar-refractivity contribution in [2.24, 2.45) is 0 Å². The fourth-order valence-electron chi connectivity index (χ4n) is 2.46. The number of hydrogen-bond acceptors (Lipinski definition) is 4. The van der Waals surface area contributed by atoms with E-state index >= 15 is 0 Å². The molecule has 0 radical (unpaired) electrons. The number of rotatable bonds is 2. The smallest absolute Gasteiger partial charge is 0.236 e. The second kappa shape index (κ2) is 5.71. The highest BCUT2D eigenvalue weighted by molar-refractivity contribution is 8.00. The van der Waals surface area contributed by atoms with Gasteiger partial charge in [0.1, 0.15) is 0 Å². The molecule has 0 aliphatic carbocycles. The van der Waals surface area contributed by atoms with Gasteiger partial charge in [-0.1, -0.05) is 0 Å². The van der Waals surface area contributed by atoms with Crippen LogP contribution in [0.25, 0.3) is 0 Å². The molecule has 2 amide bonds. The number of amides is 2. The molecule has 2 heterocycles. The van der Waals surface area contributed by atoms with Crippen LogP contribution in [0.5, 0.6) is 0 Å². The summed E-state index contributed by atoms with van der Waals surface area (Å²) in [6.07, 6.45) is 0. The number of piperazine rings is 1. The number of hydrogen-bond donors (Lipinski definition) is 0. The Morgan fingerprint density at radius 3 is 2.68 bits per heavy atom. The minimum Gasteiger partial charge on any atom is -0.343 e. The van der Waals surface area contributed by atoms with Gasteiger partial charge >= 0.3 is 0 Å². The Morgan fingerprint density at radius 2 is 2.05 bits per heavy atom. The van der Waals surface area contributed by atoms with Crippen LogP contribution in [0.1, 0.15) is 13.8 Å². The van der Waals surface area contributed by atoms with Crippen LogP contribution in [0.2, 0.25) is 0 Å². The molecule has 5 nitrogen and oxygen atoms in total. The molecule has 2 rings (SSSR count). The van der Waals surface area contributed by atoms with Gasteiger partial charge in [-0.3, -0.25) is 14.5 Å². The van der Waals surface area contributed by atoms with Crippen LogP contribution in [0, 0.1) is 0 Å². The standard InChI is InChI=1S/C13H23N3O2S/c1-13(2)10-16(6-7-19-13)12(18)9-15-5-4-14(3)11(17)8-15/h4-10H2,1-3H3. The van der Waals surface area contributed by atoms with Gasteiger partial charge in [-0.2, -0.15) is 11.8 Å². The van der Waals surface area contributed by atoms with E-state index in [4.69, 9.17) is 0 Å². The summed E-state index contributed by atoms with van der Waals surface area (Å²) in [7, 11) is 1.81. The van der Waals surface area contributed by atoms with Crippen molar-refractivity contribution >= 4 is 23.6 Å². The number of carbonyl (C=O) groups is 2. The summed E-state index contributed by atoms with van der Waals surface area (Å²) >= 11 is 1.92. The highest BCUT2D eigenvalue weighted by Gasteiger charge is 2.31. The maximum Gasteiger partial charge on any atom is 0.236 e. The van der Waals surface area contributed by atoms with Crippen molar-refractivity contribution < 1.29 is 9.59 Å². The van der Waals surface area contributed by atoms with Crippen molar-refractivity contribution in [1.82, 2.24) is 14.7 Å². The Bertz CT molecular complexity index is 373. The minimum absolute atomic E-state index is 0.105. The lowest BCUT2D eigenvalue weighted by Gasteiger charge is -2.39. The summed E-state index contributed by atoms with van der Waals surface area (Å²) < 4.78 is 0.145. The van der Waals surface area contributed by atoms with Crippen LogP contribution in [0.4, 0.5) is 0 Å². The van der Waals surface area contributed by atoms with Gasteiger partial charge in [-0.15, -0.1) is 0 Å². The Balaban J connectivity index is 1.85. The first-order valence-electron chi connectivity index (χ1n) is 6.75. The van der Waals surface area contributed by atoms with Crippen molar-refractivity contribution in [1.29, 1.82) is 0 Å². The number of nitrogens with zero attached hydrogens (tertiary/aromatic N) is 3. The highest BCUT2D eigenvalue weighted by atomic mass is 32.2. The molecule has 0 aromatic carbocycles. The van der Waals surface area contributed by atoms with E-state index in [9.17, 15) is 9.59 Å². The Morgan fingerprint density at radius 1 is 1.32 bits per heavy atom. The predicted octanol–water partition coefficient (Wildman–Crippen LogP) is 0.114. The van der Waals surface area contributed by atoms with Gasteiger partial charge in [-0.25, -0.2) is 0 Å². The molecule has 2 aliphatic heterocycles. The molecule has 108 valence electrons. The minimum atomic E-state index is 0.105. The van der Waals surface area contributed by atoms with Crippen molar-refractivity contribution in [2.45, 2.75) is 18.6 Å². The molecule has 2 saturated heterocycles. The van der Waals surface area contributed by atoms with Crippen LogP contribution < -0.4 is 0 Å². The second-order valence-electron chi connectivity index (χ2n) is 5.95. The van der Waals surface area contributed by atoms with Crippen molar-refractivity contribution in [2.75, 3.05) is 52.1 Å². The third-order valence-corrected chi connectivity index (χ3v) is 4.97. The van der Waals surface area contributed by atoms with Crippen LogP contribution in [0.15, 0.2) is 0 Å². The zero-order chi connectivity index (χ0) is 14.0. The fourth-order valence-corrected chi connectivity index (χ4v) is 3.57. The van der Waals surface area contributed by atoms with E-state index in [0.717, 1.165) is 25.4 Å². The first-order chi connectivity index (χ1) is 8.87. The molecule has 0 aromatic heterocycles. The lowest BCUT2D eigenvalue weighted by molar-refractivity contribution is -0.138. The molecule has 2 aliphatic rings. The fraction of sp³-hybridized carbons (Fsp3) is 0.846. The summed E-state index contributed by atoms with van der Waals surface area (Å²) in [5, 5.41) is 0. The van der Waals surface area contributed by atoms with Crippen LogP contribution in [0.3, 0.4) is 0 Å². The monoisotopic (exact) mass is 285 g/mol. The lowest BCUT2D eigenvalue weighted by Crippen LogP contribution is -2.54. The van der Waals surface area contributed by atoms with Gasteiger partial charge in [0.25, 0.3) is 0 Å². The molecular weight excluding hydrogens is 262 g/mol. The third-order valence-electron chi connectivity index (χ3n) is 3.67. The van der Waals surface area contributed by atoms with E-state index in [-0.39, 0.29) is 16.6 Å². The molecule has 2 fully saturated rings. The van der Waals surface area contributed by atoms with E-state index in [1.165, 1.54) is 0 Å². The molecule has 0 saturated carbocycles. The van der Waals surface area contributed by atoms with Crippen LogP contribution in [-0.4, -0.2) is 83.3 Å². The van der Waals surface area contributed by atoms with E-state index in [2.05, 4.69) is 13.8 Å². The molecule has 0 unspecified atom stereocenters. The van der Waals surface area contributed by atoms with Gasteiger partial charge in [0.05, 0.1) is 13.1 Å². The number of likely N-dealkylation sites (N-methyl/N-ethyl adjacent to an activating group) is 1. The normalized spacial score (nSPS) is 24.7. The molecule has 0 atom stereocenters. The quantitative estimate of drug-likeness (QED) is 0.722. The molecule has 19 heavy (non-hydrogen) atoms. The lowest BCUT2D eigenvalue weighted by atomic mass is 10.2. The van der Waals surface area contributed by atoms with Gasteiger partial charge in [-0.05, 0) is 13.8 Å². The molecule has 0 spiro atoms. The summed E-state index contributed by atoms with van der Waals surface area (Å²) in [6, 6.07) is 0. The van der Waals surface area contributed by atoms with Crippen molar-refractivity contribution in [3.63, 3.8) is 0 Å². The second-order valence-corrected chi connectivity index (χ2v) is 7.75. The predicted molar refractivity (Wildman–Crippen MR) is 77.2 cm³/mol. The molecule has 0 N–H and O–H groups in total. The SMILES string of the molecule is CN1CCN(CC(=O)N2CCSC(C)(C)C2)CC1=O. The molecule has 0 bridgehead atoms. The van der Waals surface area contributed by atoms with E-state index < -0.39 is 0 Å². The Hall–Kier alpha value is -0.750. The highest BCUT2D eigenvalue weighted by Crippen LogP contribution is 2.29. The number of thioether (sulfide) groups is 1. The maximum atomic E-state index is 12.3. The summed E-state index contributed by atoms with van der Waals surface area (Å²) in [5.74, 6) is 1.26. The summed E-state index contributed by atoms with van der Waals surface area (Å²) in [5.41, 5.74) is 0. The van der Waals surface area contributed by atoms with Crippen LogP contribution >= 0.6 is 11.8 Å². The zero-order valence-corrected chi connectivity index (χ0v) is 12.8. The van der Waals surface area contributed by atoms with Crippen molar-refractivity contribution in [3.05, 3.63) is 0 Å². The first kappa shape index (κ1) is 14.7. The van der Waals surface area contributed by atoms with Gasteiger partial charge < -0.3 is 9.80 Å². The average molecular weight is 285 g/mol. The zero-order valence-electron chi connectivity index (χ0n) is 12.0. The largest absolute Gasteiger partial charge is 0.343 e. The summed E-state index contributed by atoms with van der Waals surface area (Å²) in [4.78, 5) is 29.5. The number of carbonyl (C=O) groups excluding carboxylic acids is 2. The summed E-state index contributed by atoms with van der Waals surface area (Å²) in [6.45, 7) is 8.24. The average Bonchev–Trinajstić information content (AvgIpc) is 2.32. The van der Waals surface area contributed by atoms with Crippen molar-refractivity contribution in [3.8, 4) is 0 Å². The van der Waals surface area contributed by atoms with E-state index in [1.807, 2.05) is 28.6 Å². The molecular formula is C13H23N3O2S. The van der Waals surface area contributed by atoms with E-state index in [0.29, 0.717) is 19.6 Å². The first-order valence-corrected chi connectivity index (χ1v) is 7.74. The molecule has 6 heteroatoms. The van der Waals surface area contributed by atoms with Gasteiger partial charge in [0.15, 0.2) is 0 Å². The topological polar surface area (TPSA) is 43.9 Å². The van der Waals surface area contributed by atoms with E-state index in [1.54, 1.807) is 4.90 Å². The third kappa shape index (κ3) is 3.86.